The highest BCUT2D eigenvalue weighted by Gasteiger charge is 2.11. The molecule has 0 radical (unpaired) electrons. The van der Waals surface area contributed by atoms with Gasteiger partial charge < -0.3 is 15.2 Å². The molecule has 2 aromatic carbocycles. The maximum Gasteiger partial charge on any atom is 0.257 e. The summed E-state index contributed by atoms with van der Waals surface area (Å²) in [6, 6.07) is 9.76. The van der Waals surface area contributed by atoms with Crippen LogP contribution >= 0.6 is 0 Å². The van der Waals surface area contributed by atoms with E-state index in [9.17, 15) is 9.90 Å². The van der Waals surface area contributed by atoms with Crippen LogP contribution in [-0.4, -0.2) is 24.7 Å². The van der Waals surface area contributed by atoms with E-state index in [0.29, 0.717) is 11.5 Å². The number of hydrogen-bond donors (Lipinski definition) is 2. The van der Waals surface area contributed by atoms with Crippen molar-refractivity contribution in [3.05, 3.63) is 58.1 Å². The summed E-state index contributed by atoms with van der Waals surface area (Å²) in [5.41, 5.74) is 5.65. The zero-order valence-corrected chi connectivity index (χ0v) is 15.6. The quantitative estimate of drug-likeness (QED) is 0.839. The van der Waals surface area contributed by atoms with Crippen molar-refractivity contribution >= 4 is 5.91 Å². The molecule has 0 atom stereocenters. The Morgan fingerprint density at radius 3 is 2.36 bits per heavy atom. The molecular formula is C21H27NO3. The third-order valence-corrected chi connectivity index (χ3v) is 4.41. The molecular weight excluding hydrogens is 314 g/mol. The van der Waals surface area contributed by atoms with Gasteiger partial charge in [-0.25, -0.2) is 0 Å². The Balaban J connectivity index is 2.23. The molecule has 2 rings (SSSR count). The van der Waals surface area contributed by atoms with Crippen molar-refractivity contribution in [3.63, 3.8) is 0 Å². The van der Waals surface area contributed by atoms with Crippen LogP contribution in [0.5, 0.6) is 11.5 Å². The number of carbonyl (C=O) groups excluding carboxylic acids is 1. The van der Waals surface area contributed by atoms with Crippen molar-refractivity contribution in [3.8, 4) is 11.5 Å². The Kier molecular flexibility index (Phi) is 6.07. The minimum Gasteiger partial charge on any atom is -0.508 e. The summed E-state index contributed by atoms with van der Waals surface area (Å²) in [5, 5.41) is 12.5. The highest BCUT2D eigenvalue weighted by Crippen LogP contribution is 2.29. The molecule has 4 heteroatoms. The van der Waals surface area contributed by atoms with Gasteiger partial charge in [-0.1, -0.05) is 26.0 Å². The van der Waals surface area contributed by atoms with Gasteiger partial charge >= 0.3 is 0 Å². The summed E-state index contributed by atoms with van der Waals surface area (Å²) < 4.78 is 5.55. The van der Waals surface area contributed by atoms with Gasteiger partial charge in [0.05, 0.1) is 0 Å². The third-order valence-electron chi connectivity index (χ3n) is 4.41. The summed E-state index contributed by atoms with van der Waals surface area (Å²) in [7, 11) is 1.59. The van der Waals surface area contributed by atoms with E-state index < -0.39 is 0 Å². The number of aryl methyl sites for hydroxylation is 2. The number of rotatable bonds is 6. The number of aromatic hydroxyl groups is 1. The first kappa shape index (κ1) is 18.8. The number of likely N-dealkylation sites (N-methyl/N-ethyl adjacent to an activating group) is 1. The second-order valence-corrected chi connectivity index (χ2v) is 6.72. The lowest BCUT2D eigenvalue weighted by Gasteiger charge is -2.15. The smallest absolute Gasteiger partial charge is 0.257 e. The standard InChI is InChI=1S/C21H27NO3/c1-13(2)18-10-16(6-7-20(18)23)11-19-14(3)8-17(9-15(19)4)25-12-21(24)22-5/h6-10,13,23H,11-12H2,1-5H3,(H,22,24). The fourth-order valence-corrected chi connectivity index (χ4v) is 2.92. The topological polar surface area (TPSA) is 58.6 Å². The van der Waals surface area contributed by atoms with E-state index in [2.05, 4.69) is 39.1 Å². The molecule has 134 valence electrons. The predicted molar refractivity (Wildman–Crippen MR) is 100 cm³/mol. The average Bonchev–Trinajstić information content (AvgIpc) is 2.57. The number of phenolic OH excluding ortho intramolecular Hbond substituents is 1. The monoisotopic (exact) mass is 341 g/mol. The van der Waals surface area contributed by atoms with Crippen molar-refractivity contribution in [2.24, 2.45) is 0 Å². The lowest BCUT2D eigenvalue weighted by Crippen LogP contribution is -2.24. The van der Waals surface area contributed by atoms with E-state index in [1.165, 1.54) is 11.1 Å². The van der Waals surface area contributed by atoms with E-state index in [1.54, 1.807) is 13.1 Å². The Morgan fingerprint density at radius 2 is 1.80 bits per heavy atom. The van der Waals surface area contributed by atoms with Crippen LogP contribution < -0.4 is 10.1 Å². The van der Waals surface area contributed by atoms with Crippen LogP contribution in [0, 0.1) is 13.8 Å². The van der Waals surface area contributed by atoms with E-state index in [0.717, 1.165) is 23.1 Å². The number of phenols is 1. The van der Waals surface area contributed by atoms with Crippen LogP contribution in [0.15, 0.2) is 30.3 Å². The molecule has 2 aromatic rings. The van der Waals surface area contributed by atoms with Gasteiger partial charge in [0, 0.05) is 7.05 Å². The molecule has 1 amide bonds. The van der Waals surface area contributed by atoms with Gasteiger partial charge in [0.25, 0.3) is 5.91 Å². The van der Waals surface area contributed by atoms with Gasteiger partial charge in [-0.3, -0.25) is 4.79 Å². The van der Waals surface area contributed by atoms with E-state index in [4.69, 9.17) is 4.74 Å². The van der Waals surface area contributed by atoms with E-state index >= 15 is 0 Å². The normalized spacial score (nSPS) is 10.8. The maximum atomic E-state index is 11.3. The first-order valence-corrected chi connectivity index (χ1v) is 8.57. The van der Waals surface area contributed by atoms with Gasteiger partial charge in [-0.15, -0.1) is 0 Å². The van der Waals surface area contributed by atoms with Gasteiger partial charge in [0.2, 0.25) is 0 Å². The van der Waals surface area contributed by atoms with E-state index in [-0.39, 0.29) is 18.4 Å². The van der Waals surface area contributed by atoms with Crippen molar-refractivity contribution in [1.82, 2.24) is 5.32 Å². The molecule has 0 heterocycles. The zero-order chi connectivity index (χ0) is 18.6. The molecule has 0 bridgehead atoms. The number of nitrogens with one attached hydrogen (secondary N) is 1. The Morgan fingerprint density at radius 1 is 1.16 bits per heavy atom. The highest BCUT2D eigenvalue weighted by molar-refractivity contribution is 5.77. The zero-order valence-electron chi connectivity index (χ0n) is 15.6. The van der Waals surface area contributed by atoms with Crippen molar-refractivity contribution in [2.45, 2.75) is 40.0 Å². The number of benzene rings is 2. The van der Waals surface area contributed by atoms with Crippen molar-refractivity contribution in [2.75, 3.05) is 13.7 Å². The van der Waals surface area contributed by atoms with Crippen molar-refractivity contribution in [1.29, 1.82) is 0 Å². The predicted octanol–water partition coefficient (Wildman–Crippen LogP) is 3.85. The van der Waals surface area contributed by atoms with Crippen LogP contribution in [0.25, 0.3) is 0 Å². The molecule has 2 N–H and O–H groups in total. The van der Waals surface area contributed by atoms with Gasteiger partial charge in [-0.2, -0.15) is 0 Å². The second-order valence-electron chi connectivity index (χ2n) is 6.72. The summed E-state index contributed by atoms with van der Waals surface area (Å²) in [6.07, 6.45) is 0.799. The molecule has 0 saturated heterocycles. The summed E-state index contributed by atoms with van der Waals surface area (Å²) >= 11 is 0. The second kappa shape index (κ2) is 8.06. The molecule has 0 spiro atoms. The number of carbonyl (C=O) groups is 1. The van der Waals surface area contributed by atoms with E-state index in [1.807, 2.05) is 18.2 Å². The first-order valence-electron chi connectivity index (χ1n) is 8.57. The molecule has 0 aliphatic rings. The number of ether oxygens (including phenoxy) is 1. The SMILES string of the molecule is CNC(=O)COc1cc(C)c(Cc2ccc(O)c(C(C)C)c2)c(C)c1. The highest BCUT2D eigenvalue weighted by atomic mass is 16.5. The van der Waals surface area contributed by atoms with Crippen LogP contribution in [0.4, 0.5) is 0 Å². The molecule has 4 nitrogen and oxygen atoms in total. The fraction of sp³-hybridized carbons (Fsp3) is 0.381. The number of hydrogen-bond acceptors (Lipinski definition) is 3. The Bertz CT molecular complexity index is 743. The third kappa shape index (κ3) is 4.75. The lowest BCUT2D eigenvalue weighted by molar-refractivity contribution is -0.122. The molecule has 0 unspecified atom stereocenters. The van der Waals surface area contributed by atoms with Crippen LogP contribution in [0.2, 0.25) is 0 Å². The largest absolute Gasteiger partial charge is 0.508 e. The summed E-state index contributed by atoms with van der Waals surface area (Å²) in [6.45, 7) is 8.28. The molecule has 0 fully saturated rings. The molecule has 25 heavy (non-hydrogen) atoms. The first-order chi connectivity index (χ1) is 11.8. The molecule has 0 aliphatic heterocycles. The molecule has 0 aliphatic carbocycles. The van der Waals surface area contributed by atoms with Crippen LogP contribution in [-0.2, 0) is 11.2 Å². The fourth-order valence-electron chi connectivity index (χ4n) is 2.92. The number of amides is 1. The Labute approximate surface area is 149 Å². The summed E-state index contributed by atoms with van der Waals surface area (Å²) in [5.74, 6) is 1.19. The van der Waals surface area contributed by atoms with Gasteiger partial charge in [0.15, 0.2) is 6.61 Å². The Hall–Kier alpha value is -2.49. The van der Waals surface area contributed by atoms with Crippen molar-refractivity contribution < 1.29 is 14.6 Å². The molecule has 0 saturated carbocycles. The molecule has 0 aromatic heterocycles. The minimum atomic E-state index is -0.148. The lowest BCUT2D eigenvalue weighted by atomic mass is 9.93. The van der Waals surface area contributed by atoms with Gasteiger partial charge in [-0.05, 0) is 72.2 Å². The average molecular weight is 341 g/mol. The summed E-state index contributed by atoms with van der Waals surface area (Å²) in [4.78, 5) is 11.3. The van der Waals surface area contributed by atoms with Gasteiger partial charge in [0.1, 0.15) is 11.5 Å². The van der Waals surface area contributed by atoms with Crippen LogP contribution in [0.3, 0.4) is 0 Å². The maximum absolute atomic E-state index is 11.3. The minimum absolute atomic E-state index is 0.0183. The van der Waals surface area contributed by atoms with Crippen LogP contribution in [0.1, 0.15) is 47.6 Å².